The normalized spacial score (nSPS) is 18.1. The van der Waals surface area contributed by atoms with Crippen LogP contribution in [0.1, 0.15) is 121 Å². The number of aliphatic hydroxyl groups excluding tert-OH is 1. The second-order valence-corrected chi connectivity index (χ2v) is 24.4. The van der Waals surface area contributed by atoms with Gasteiger partial charge in [0.05, 0.1) is 42.7 Å². The molecule has 5 atom stereocenters. The Kier molecular flexibility index (Phi) is 17.5. The number of H-pyrrole nitrogens is 1. The molecule has 2 aliphatic heterocycles. The van der Waals surface area contributed by atoms with Crippen LogP contribution in [0, 0.1) is 11.7 Å². The summed E-state index contributed by atoms with van der Waals surface area (Å²) in [5.74, 6) is 0.128. The highest BCUT2D eigenvalue weighted by molar-refractivity contribution is 6.06. The quantitative estimate of drug-likeness (QED) is 0.0522. The zero-order valence-corrected chi connectivity index (χ0v) is 50.3. The van der Waals surface area contributed by atoms with E-state index in [-0.39, 0.29) is 72.5 Å². The Labute approximate surface area is 500 Å². The van der Waals surface area contributed by atoms with Crippen LogP contribution in [0.25, 0.3) is 55.3 Å². The van der Waals surface area contributed by atoms with Crippen LogP contribution < -0.4 is 15.0 Å². The van der Waals surface area contributed by atoms with Crippen molar-refractivity contribution in [3.05, 3.63) is 126 Å². The number of phenols is 1. The molecule has 0 bridgehead atoms. The number of pyridine rings is 1. The van der Waals surface area contributed by atoms with Gasteiger partial charge in [-0.05, 0) is 123 Å². The van der Waals surface area contributed by atoms with Crippen molar-refractivity contribution in [2.24, 2.45) is 5.92 Å². The fraction of sp³-hybridized carbons (Fsp3) is 0.439. The van der Waals surface area contributed by atoms with E-state index in [9.17, 15) is 19.8 Å². The molecule has 3 aliphatic rings. The van der Waals surface area contributed by atoms with E-state index in [0.29, 0.717) is 96.4 Å². The Hall–Kier alpha value is -8.36. The van der Waals surface area contributed by atoms with Gasteiger partial charge in [0.15, 0.2) is 6.21 Å². The van der Waals surface area contributed by atoms with E-state index in [0.717, 1.165) is 52.6 Å². The topological polar surface area (TPSA) is 222 Å². The van der Waals surface area contributed by atoms with Gasteiger partial charge in [0.1, 0.15) is 53.4 Å². The molecular weight excluding hydrogens is 1090 g/mol. The maximum atomic E-state index is 17.0. The van der Waals surface area contributed by atoms with Gasteiger partial charge in [0, 0.05) is 79.4 Å². The number of anilines is 1. The highest BCUT2D eigenvalue weighted by Gasteiger charge is 2.39. The van der Waals surface area contributed by atoms with Crippen LogP contribution >= 0.6 is 0 Å². The second-order valence-electron chi connectivity index (χ2n) is 24.4. The summed E-state index contributed by atoms with van der Waals surface area (Å²) in [4.78, 5) is 45.4. The van der Waals surface area contributed by atoms with E-state index in [1.165, 1.54) is 6.07 Å². The molecular formula is C66H78FN12O7+. The number of hydrogen-bond acceptors (Lipinski definition) is 14. The molecule has 4 unspecified atom stereocenters. The lowest BCUT2D eigenvalue weighted by atomic mass is 9.86. The number of nitrogens with one attached hydrogen (secondary N) is 2. The zero-order chi connectivity index (χ0) is 60.4. The predicted molar refractivity (Wildman–Crippen MR) is 328 cm³/mol. The van der Waals surface area contributed by atoms with E-state index in [2.05, 4.69) is 66.4 Å². The van der Waals surface area contributed by atoms with Crippen molar-refractivity contribution in [1.82, 2.24) is 50.4 Å². The van der Waals surface area contributed by atoms with E-state index in [1.54, 1.807) is 30.6 Å². The highest BCUT2D eigenvalue weighted by Crippen LogP contribution is 2.53. The number of aromatic nitrogens is 8. The predicted octanol–water partition coefficient (Wildman–Crippen LogP) is 10.5. The van der Waals surface area contributed by atoms with Gasteiger partial charge < -0.3 is 39.5 Å². The third-order valence-corrected chi connectivity index (χ3v) is 16.9. The summed E-state index contributed by atoms with van der Waals surface area (Å²) in [5, 5.41) is 44.3. The van der Waals surface area contributed by atoms with Crippen LogP contribution in [0.3, 0.4) is 0 Å². The first-order chi connectivity index (χ1) is 41.5. The molecule has 3 fully saturated rings. The number of amides is 2. The Morgan fingerprint density at radius 1 is 0.942 bits per heavy atom. The number of rotatable bonds is 20. The van der Waals surface area contributed by atoms with Gasteiger partial charge in [-0.2, -0.15) is 15.1 Å². The summed E-state index contributed by atoms with van der Waals surface area (Å²) in [6.45, 7) is 15.7. The number of piperazine rings is 1. The number of aromatic amines is 1. The SMILES string of the molecule is CCC1CN(c2nc(OC[C@H](C)OC)nc3c(O)c(-c4c(CCc5ccc(-c6cn(C(C=[N+]7CCCC7C(=O)NC(CO)c7ccc(-c8cccnc8)cc7)C(C)C)nn6)cc5)c(F)cc5[nH]ncc45)c(C4CC4)cc23)CCN1C(=O)OC(C)(C)C. The maximum Gasteiger partial charge on any atom is 0.410 e. The lowest BCUT2D eigenvalue weighted by Crippen LogP contribution is -2.56. The first-order valence-electron chi connectivity index (χ1n) is 30.1. The van der Waals surface area contributed by atoms with Crippen molar-refractivity contribution in [3.63, 3.8) is 0 Å². The standard InChI is InChI=1S/C66H77FN12O7/c1-9-47-34-77(28-29-78(47)65(83)86-66(5,6)7)62-50-30-49(43-21-22-43)59(61(81)60(50)71-64(72-62)85-38-40(4)84-8)58-48(52(67)31-53-51(58)33-69-73-53)25-16-41-14-17-44(18-15-41)54-35-79(75-74-54)57(39(2)3)36-76-27-11-13-56(76)63(82)70-55(37-80)45-23-19-42(20-24-45)46-12-10-26-68-32-46/h10,12,14-15,17-20,23-24,26,30-33,35-36,39-40,43,47,55-57,80H,9,11,13,16,21-22,25,27-29,34,37-38H2,1-8H3,(H2-,69,70,71,72,73,74,75,81,82)/p+1/t40-,47?,55?,56?,57?/m0/s1. The fourth-order valence-electron chi connectivity index (χ4n) is 12.0. The average Bonchev–Trinajstić information content (AvgIpc) is 1.35. The molecule has 4 aromatic carbocycles. The van der Waals surface area contributed by atoms with Gasteiger partial charge in [-0.25, -0.2) is 18.4 Å². The summed E-state index contributed by atoms with van der Waals surface area (Å²) in [6.07, 6.45) is 13.4. The maximum absolute atomic E-state index is 17.0. The molecule has 1 saturated carbocycles. The number of fused-ring (bicyclic) bond motifs is 2. The third-order valence-electron chi connectivity index (χ3n) is 16.9. The summed E-state index contributed by atoms with van der Waals surface area (Å²) >= 11 is 0. The summed E-state index contributed by atoms with van der Waals surface area (Å²) in [6, 6.07) is 22.0. The van der Waals surface area contributed by atoms with Crippen LogP contribution in [-0.2, 0) is 27.1 Å². The minimum Gasteiger partial charge on any atom is -0.505 e. The monoisotopic (exact) mass is 1170 g/mol. The van der Waals surface area contributed by atoms with Crippen LogP contribution in [0.5, 0.6) is 11.8 Å². The second kappa shape index (κ2) is 25.3. The number of halogens is 1. The molecule has 4 N–H and O–H groups in total. The van der Waals surface area contributed by atoms with Gasteiger partial charge >= 0.3 is 12.1 Å². The van der Waals surface area contributed by atoms with Gasteiger partial charge in [-0.15, -0.1) is 5.10 Å². The number of carbonyl (C=O) groups excluding carboxylic acids is 2. The summed E-state index contributed by atoms with van der Waals surface area (Å²) < 4.78 is 38.4. The molecule has 8 aromatic rings. The molecule has 19 nitrogen and oxygen atoms in total. The van der Waals surface area contributed by atoms with Crippen LogP contribution in [-0.4, -0.2) is 148 Å². The van der Waals surface area contributed by atoms with Gasteiger partial charge in [-0.3, -0.25) is 14.9 Å². The lowest BCUT2D eigenvalue weighted by molar-refractivity contribution is -0.528. The first-order valence-corrected chi connectivity index (χ1v) is 30.1. The van der Waals surface area contributed by atoms with Crippen LogP contribution in [0.15, 0.2) is 97.6 Å². The highest BCUT2D eigenvalue weighted by atomic mass is 19.1. The van der Waals surface area contributed by atoms with Gasteiger partial charge in [-0.1, -0.05) is 80.6 Å². The molecule has 2 saturated heterocycles. The van der Waals surface area contributed by atoms with Crippen molar-refractivity contribution in [2.75, 3.05) is 51.4 Å². The largest absolute Gasteiger partial charge is 0.505 e. The van der Waals surface area contributed by atoms with E-state index in [4.69, 9.17) is 24.2 Å². The molecule has 20 heteroatoms. The first kappa shape index (κ1) is 59.4. The summed E-state index contributed by atoms with van der Waals surface area (Å²) in [7, 11) is 1.60. The fourth-order valence-corrected chi connectivity index (χ4v) is 12.0. The Balaban J connectivity index is 0.842. The minimum atomic E-state index is -0.648. The van der Waals surface area contributed by atoms with Crippen molar-refractivity contribution in [3.8, 4) is 45.3 Å². The molecule has 11 rings (SSSR count). The van der Waals surface area contributed by atoms with Gasteiger partial charge in [0.25, 0.3) is 5.91 Å². The number of aryl methyl sites for hydroxylation is 1. The summed E-state index contributed by atoms with van der Waals surface area (Å²) in [5.41, 5.74) is 7.85. The van der Waals surface area contributed by atoms with Crippen molar-refractivity contribution in [2.45, 2.75) is 135 Å². The molecule has 1 aliphatic carbocycles. The molecule has 0 spiro atoms. The Morgan fingerprint density at radius 2 is 1.72 bits per heavy atom. The third kappa shape index (κ3) is 12.8. The Bertz CT molecular complexity index is 3750. The van der Waals surface area contributed by atoms with Crippen LogP contribution in [0.4, 0.5) is 15.0 Å². The number of aromatic hydroxyl groups is 1. The zero-order valence-electron chi connectivity index (χ0n) is 50.3. The number of methoxy groups -OCH3 is 1. The van der Waals surface area contributed by atoms with Crippen molar-refractivity contribution in [1.29, 1.82) is 0 Å². The number of phenolic OH excluding ortho intramolecular Hbond substituents is 1. The number of carbonyl (C=O) groups is 2. The van der Waals surface area contributed by atoms with Gasteiger partial charge in [0.2, 0.25) is 6.04 Å². The number of nitrogens with zero attached hydrogens (tertiary/aromatic N) is 10. The molecule has 4 aromatic heterocycles. The molecule has 2 amide bonds. The smallest absolute Gasteiger partial charge is 0.410 e. The van der Waals surface area contributed by atoms with E-state index in [1.807, 2.05) is 106 Å². The minimum absolute atomic E-state index is 0.0586. The van der Waals surface area contributed by atoms with Crippen molar-refractivity contribution >= 4 is 45.8 Å². The van der Waals surface area contributed by atoms with E-state index >= 15 is 4.39 Å². The number of aliphatic hydroxyl groups is 1. The molecule has 0 radical (unpaired) electrons. The Morgan fingerprint density at radius 3 is 2.42 bits per heavy atom. The van der Waals surface area contributed by atoms with Crippen LogP contribution in [0.2, 0.25) is 0 Å². The number of benzene rings is 4. The average molecular weight is 1170 g/mol. The van der Waals surface area contributed by atoms with Crippen molar-refractivity contribution < 1.29 is 43.0 Å². The molecule has 86 heavy (non-hydrogen) atoms. The number of hydrogen-bond donors (Lipinski definition) is 4. The lowest BCUT2D eigenvalue weighted by Gasteiger charge is -2.42. The number of ether oxygens (including phenoxy) is 3. The molecule has 6 heterocycles. The molecule has 450 valence electrons. The van der Waals surface area contributed by atoms with E-state index < -0.39 is 23.5 Å².